The molecule has 0 spiro atoms. The van der Waals surface area contributed by atoms with Crippen LogP contribution in [0.15, 0.2) is 21.6 Å². The van der Waals surface area contributed by atoms with E-state index in [9.17, 15) is 22.8 Å². The number of rotatable bonds is 7. The Morgan fingerprint density at radius 1 is 1.09 bits per heavy atom. The fourth-order valence-electron chi connectivity index (χ4n) is 3.99. The predicted molar refractivity (Wildman–Crippen MR) is 114 cm³/mol. The molecule has 0 aliphatic carbocycles. The highest BCUT2D eigenvalue weighted by atomic mass is 32.2. The third-order valence-electron chi connectivity index (χ3n) is 5.89. The number of likely N-dealkylation sites (N-methyl/N-ethyl adjacent to an activating group) is 1. The van der Waals surface area contributed by atoms with Gasteiger partial charge in [-0.15, -0.1) is 0 Å². The molecule has 3 heterocycles. The molecule has 1 aromatic heterocycles. The number of hydrogen-bond donors (Lipinski definition) is 0. The molecule has 0 atom stereocenters. The lowest BCUT2D eigenvalue weighted by molar-refractivity contribution is -0.151. The zero-order valence-electron chi connectivity index (χ0n) is 18.6. The van der Waals surface area contributed by atoms with Crippen molar-refractivity contribution in [3.05, 3.63) is 17.9 Å². The summed E-state index contributed by atoms with van der Waals surface area (Å²) in [6.45, 7) is 3.64. The van der Waals surface area contributed by atoms with Gasteiger partial charge in [0.15, 0.2) is 5.76 Å². The van der Waals surface area contributed by atoms with Gasteiger partial charge in [-0.2, -0.15) is 4.31 Å². The lowest BCUT2D eigenvalue weighted by Gasteiger charge is -2.32. The minimum Gasteiger partial charge on any atom is -0.466 e. The second-order valence-electron chi connectivity index (χ2n) is 8.15. The van der Waals surface area contributed by atoms with Crippen molar-refractivity contribution in [1.82, 2.24) is 14.1 Å². The Morgan fingerprint density at radius 3 is 2.38 bits per heavy atom. The van der Waals surface area contributed by atoms with Crippen molar-refractivity contribution in [3.8, 4) is 0 Å². The van der Waals surface area contributed by atoms with Crippen molar-refractivity contribution in [2.45, 2.75) is 44.1 Å². The van der Waals surface area contributed by atoms with Crippen LogP contribution in [0.3, 0.4) is 0 Å². The molecule has 32 heavy (non-hydrogen) atoms. The van der Waals surface area contributed by atoms with Crippen LogP contribution in [0, 0.1) is 5.92 Å². The quantitative estimate of drug-likeness (QED) is 0.553. The Kier molecular flexibility index (Phi) is 7.94. The number of hydrogen-bond acceptors (Lipinski definition) is 7. The second-order valence-corrected chi connectivity index (χ2v) is 10.0. The van der Waals surface area contributed by atoms with Gasteiger partial charge in [-0.25, -0.2) is 8.42 Å². The van der Waals surface area contributed by atoms with Crippen molar-refractivity contribution in [1.29, 1.82) is 0 Å². The second kappa shape index (κ2) is 10.5. The summed E-state index contributed by atoms with van der Waals surface area (Å²) in [5.41, 5.74) is 0. The zero-order valence-corrected chi connectivity index (χ0v) is 19.4. The van der Waals surface area contributed by atoms with Gasteiger partial charge in [0.25, 0.3) is 15.9 Å². The molecule has 0 unspecified atom stereocenters. The smallest absolute Gasteiger partial charge is 0.309 e. The standard InChI is InChI=1S/C21H31N3O7S/c1-3-30-21(27)16-9-13-23(14-10-16)18(25)15-22(2)20(26)17-7-8-19(31-17)32(28,29)24-11-5-4-6-12-24/h7-8,16H,3-6,9-15H2,1-2H3. The summed E-state index contributed by atoms with van der Waals surface area (Å²) in [6.07, 6.45) is 3.64. The van der Waals surface area contributed by atoms with Crippen LogP contribution in [0.2, 0.25) is 0 Å². The van der Waals surface area contributed by atoms with Crippen LogP contribution in [0.4, 0.5) is 0 Å². The Balaban J connectivity index is 1.55. The molecule has 2 aliphatic rings. The number of esters is 1. The van der Waals surface area contributed by atoms with Gasteiger partial charge in [-0.05, 0) is 44.7 Å². The van der Waals surface area contributed by atoms with Crippen molar-refractivity contribution >= 4 is 27.8 Å². The molecule has 178 valence electrons. The SMILES string of the molecule is CCOC(=O)C1CCN(C(=O)CN(C)C(=O)c2ccc(S(=O)(=O)N3CCCCC3)o2)CC1. The maximum atomic E-state index is 12.7. The molecular formula is C21H31N3O7S. The summed E-state index contributed by atoms with van der Waals surface area (Å²) in [5.74, 6) is -1.38. The van der Waals surface area contributed by atoms with Crippen LogP contribution in [-0.2, 0) is 24.3 Å². The Labute approximate surface area is 188 Å². The Morgan fingerprint density at radius 2 is 1.75 bits per heavy atom. The molecule has 1 aromatic rings. The van der Waals surface area contributed by atoms with E-state index in [0.29, 0.717) is 45.6 Å². The topological polar surface area (TPSA) is 117 Å². The van der Waals surface area contributed by atoms with E-state index in [2.05, 4.69) is 0 Å². The van der Waals surface area contributed by atoms with E-state index in [4.69, 9.17) is 9.15 Å². The molecule has 0 N–H and O–H groups in total. The number of likely N-dealkylation sites (tertiary alicyclic amines) is 1. The van der Waals surface area contributed by atoms with Crippen molar-refractivity contribution in [2.24, 2.45) is 5.92 Å². The molecular weight excluding hydrogens is 438 g/mol. The molecule has 2 fully saturated rings. The summed E-state index contributed by atoms with van der Waals surface area (Å²) < 4.78 is 37.2. The monoisotopic (exact) mass is 469 g/mol. The fourth-order valence-corrected chi connectivity index (χ4v) is 5.42. The molecule has 2 amide bonds. The van der Waals surface area contributed by atoms with Crippen molar-refractivity contribution < 1.29 is 32.0 Å². The number of carbonyl (C=O) groups excluding carboxylic acids is 3. The lowest BCUT2D eigenvalue weighted by atomic mass is 9.97. The average Bonchev–Trinajstić information content (AvgIpc) is 3.30. The van der Waals surface area contributed by atoms with E-state index in [1.807, 2.05) is 0 Å². The van der Waals surface area contributed by atoms with Gasteiger partial charge in [0.05, 0.1) is 19.1 Å². The van der Waals surface area contributed by atoms with E-state index in [0.717, 1.165) is 19.3 Å². The summed E-state index contributed by atoms with van der Waals surface area (Å²) in [7, 11) is -2.31. The first-order valence-corrected chi connectivity index (χ1v) is 12.5. The highest BCUT2D eigenvalue weighted by Crippen LogP contribution is 2.23. The molecule has 0 radical (unpaired) electrons. The molecule has 0 aromatic carbocycles. The Bertz CT molecular complexity index is 929. The van der Waals surface area contributed by atoms with E-state index in [-0.39, 0.29) is 35.2 Å². The first-order chi connectivity index (χ1) is 15.2. The maximum absolute atomic E-state index is 12.7. The van der Waals surface area contributed by atoms with Gasteiger partial charge in [0.2, 0.25) is 11.0 Å². The van der Waals surface area contributed by atoms with Gasteiger partial charge in [-0.3, -0.25) is 14.4 Å². The van der Waals surface area contributed by atoms with Gasteiger partial charge in [0.1, 0.15) is 0 Å². The number of carbonyl (C=O) groups is 3. The summed E-state index contributed by atoms with van der Waals surface area (Å²) in [6, 6.07) is 2.61. The van der Waals surface area contributed by atoms with Crippen molar-refractivity contribution in [2.75, 3.05) is 46.4 Å². The van der Waals surface area contributed by atoms with E-state index in [1.165, 1.54) is 28.4 Å². The minimum atomic E-state index is -3.77. The summed E-state index contributed by atoms with van der Waals surface area (Å²) in [4.78, 5) is 39.9. The summed E-state index contributed by atoms with van der Waals surface area (Å²) in [5, 5.41) is -0.261. The number of sulfonamides is 1. The number of furan rings is 1. The molecule has 0 saturated carbocycles. The molecule has 0 bridgehead atoms. The third kappa shape index (κ3) is 5.50. The molecule has 2 saturated heterocycles. The van der Waals surface area contributed by atoms with E-state index in [1.54, 1.807) is 11.8 Å². The first-order valence-electron chi connectivity index (χ1n) is 11.0. The van der Waals surface area contributed by atoms with Crippen LogP contribution in [-0.4, -0.2) is 86.7 Å². The fraction of sp³-hybridized carbons (Fsp3) is 0.667. The summed E-state index contributed by atoms with van der Waals surface area (Å²) >= 11 is 0. The molecule has 3 rings (SSSR count). The highest BCUT2D eigenvalue weighted by Gasteiger charge is 2.32. The maximum Gasteiger partial charge on any atom is 0.309 e. The normalized spacial score (nSPS) is 18.4. The van der Waals surface area contributed by atoms with Crippen LogP contribution in [0.5, 0.6) is 0 Å². The number of ether oxygens (including phenoxy) is 1. The van der Waals surface area contributed by atoms with Gasteiger partial charge in [-0.1, -0.05) is 6.42 Å². The predicted octanol–water partition coefficient (Wildman–Crippen LogP) is 1.33. The largest absolute Gasteiger partial charge is 0.466 e. The van der Waals surface area contributed by atoms with E-state index < -0.39 is 15.9 Å². The average molecular weight is 470 g/mol. The van der Waals surface area contributed by atoms with Crippen molar-refractivity contribution in [3.63, 3.8) is 0 Å². The number of nitrogens with zero attached hydrogens (tertiary/aromatic N) is 3. The first kappa shape index (κ1) is 24.2. The number of amides is 2. The number of piperidine rings is 2. The molecule has 10 nitrogen and oxygen atoms in total. The minimum absolute atomic E-state index is 0.128. The highest BCUT2D eigenvalue weighted by molar-refractivity contribution is 7.89. The molecule has 11 heteroatoms. The van der Waals surface area contributed by atoms with Gasteiger partial charge >= 0.3 is 5.97 Å². The van der Waals surface area contributed by atoms with Crippen LogP contribution in [0.25, 0.3) is 0 Å². The Hall–Kier alpha value is -2.40. The lowest BCUT2D eigenvalue weighted by Crippen LogP contribution is -2.45. The van der Waals surface area contributed by atoms with Crippen LogP contribution < -0.4 is 0 Å². The third-order valence-corrected chi connectivity index (χ3v) is 7.66. The van der Waals surface area contributed by atoms with Gasteiger partial charge in [0, 0.05) is 33.2 Å². The van der Waals surface area contributed by atoms with Crippen LogP contribution in [0.1, 0.15) is 49.6 Å². The zero-order chi connectivity index (χ0) is 23.3. The molecule has 2 aliphatic heterocycles. The van der Waals surface area contributed by atoms with E-state index >= 15 is 0 Å². The van der Waals surface area contributed by atoms with Gasteiger partial charge < -0.3 is 19.0 Å². The van der Waals surface area contributed by atoms with Crippen LogP contribution >= 0.6 is 0 Å².